The van der Waals surface area contributed by atoms with Gasteiger partial charge in [0, 0.05) is 0 Å². The summed E-state index contributed by atoms with van der Waals surface area (Å²) in [4.78, 5) is 31.6. The molecular formula is C26H26N2O3S. The van der Waals surface area contributed by atoms with Crippen molar-refractivity contribution in [3.63, 3.8) is 0 Å². The van der Waals surface area contributed by atoms with Crippen molar-refractivity contribution >= 4 is 23.4 Å². The van der Waals surface area contributed by atoms with Crippen molar-refractivity contribution in [2.75, 3.05) is 6.61 Å². The van der Waals surface area contributed by atoms with Gasteiger partial charge >= 0.3 is 5.97 Å². The first-order valence-corrected chi connectivity index (χ1v) is 11.6. The molecule has 0 saturated carbocycles. The van der Waals surface area contributed by atoms with E-state index in [2.05, 4.69) is 31.0 Å². The lowest BCUT2D eigenvalue weighted by Gasteiger charge is -2.25. The Balaban J connectivity index is 1.94. The van der Waals surface area contributed by atoms with Gasteiger partial charge in [-0.3, -0.25) is 9.36 Å². The molecule has 0 bridgehead atoms. The van der Waals surface area contributed by atoms with Crippen LogP contribution in [0, 0.1) is 0 Å². The zero-order valence-electron chi connectivity index (χ0n) is 18.7. The van der Waals surface area contributed by atoms with E-state index in [1.807, 2.05) is 48.5 Å². The van der Waals surface area contributed by atoms with E-state index in [9.17, 15) is 9.59 Å². The largest absolute Gasteiger partial charge is 0.463 e. The Morgan fingerprint density at radius 2 is 1.84 bits per heavy atom. The second kappa shape index (κ2) is 9.09. The van der Waals surface area contributed by atoms with Gasteiger partial charge in [0.2, 0.25) is 0 Å². The van der Waals surface area contributed by atoms with Crippen LogP contribution in [0.3, 0.4) is 0 Å². The molecule has 0 aliphatic carbocycles. The highest BCUT2D eigenvalue weighted by atomic mass is 32.1. The SMILES string of the molecule is CCOC(=O)C1=C(C)N=c2s/c(=C\c3ccccc3)c(=O)n2[C@@H]1c1ccc(C(C)C)cc1. The Kier molecular flexibility index (Phi) is 6.24. The van der Waals surface area contributed by atoms with Crippen molar-refractivity contribution in [2.45, 2.75) is 39.7 Å². The van der Waals surface area contributed by atoms with Gasteiger partial charge in [-0.2, -0.15) is 0 Å². The third-order valence-corrected chi connectivity index (χ3v) is 6.52. The summed E-state index contributed by atoms with van der Waals surface area (Å²) in [5.74, 6) is -0.0530. The van der Waals surface area contributed by atoms with Crippen LogP contribution in [0.2, 0.25) is 0 Å². The minimum atomic E-state index is -0.579. The first-order valence-electron chi connectivity index (χ1n) is 10.7. The molecule has 2 heterocycles. The van der Waals surface area contributed by atoms with Gasteiger partial charge in [0.15, 0.2) is 4.80 Å². The lowest BCUT2D eigenvalue weighted by atomic mass is 9.93. The Morgan fingerprint density at radius 3 is 2.47 bits per heavy atom. The summed E-state index contributed by atoms with van der Waals surface area (Å²) in [7, 11) is 0. The van der Waals surface area contributed by atoms with Crippen molar-refractivity contribution in [3.05, 3.63) is 102 Å². The van der Waals surface area contributed by atoms with Gasteiger partial charge in [-0.05, 0) is 42.5 Å². The first-order chi connectivity index (χ1) is 15.4. The topological polar surface area (TPSA) is 60.7 Å². The van der Waals surface area contributed by atoms with E-state index in [-0.39, 0.29) is 12.2 Å². The fourth-order valence-corrected chi connectivity index (χ4v) is 4.92. The van der Waals surface area contributed by atoms with Crippen molar-refractivity contribution in [1.29, 1.82) is 0 Å². The van der Waals surface area contributed by atoms with Gasteiger partial charge in [0.25, 0.3) is 5.56 Å². The predicted molar refractivity (Wildman–Crippen MR) is 127 cm³/mol. The molecule has 32 heavy (non-hydrogen) atoms. The van der Waals surface area contributed by atoms with Crippen molar-refractivity contribution < 1.29 is 9.53 Å². The number of rotatable bonds is 5. The monoisotopic (exact) mass is 446 g/mol. The van der Waals surface area contributed by atoms with E-state index in [1.54, 1.807) is 18.4 Å². The first kappa shape index (κ1) is 22.0. The van der Waals surface area contributed by atoms with Gasteiger partial charge in [-0.25, -0.2) is 9.79 Å². The second-order valence-corrected chi connectivity index (χ2v) is 9.04. The van der Waals surface area contributed by atoms with Crippen LogP contribution in [0.1, 0.15) is 56.3 Å². The lowest BCUT2D eigenvalue weighted by molar-refractivity contribution is -0.139. The number of hydrogen-bond acceptors (Lipinski definition) is 5. The molecule has 0 unspecified atom stereocenters. The molecule has 1 aliphatic rings. The predicted octanol–water partition coefficient (Wildman–Crippen LogP) is 3.92. The number of thiazole rings is 1. The molecule has 0 spiro atoms. The molecule has 1 atom stereocenters. The summed E-state index contributed by atoms with van der Waals surface area (Å²) in [6.45, 7) is 8.10. The van der Waals surface area contributed by atoms with Gasteiger partial charge in [-0.1, -0.05) is 79.8 Å². The summed E-state index contributed by atoms with van der Waals surface area (Å²) in [6, 6.07) is 17.2. The van der Waals surface area contributed by atoms with Crippen LogP contribution < -0.4 is 14.9 Å². The van der Waals surface area contributed by atoms with Crippen LogP contribution in [0.25, 0.3) is 6.08 Å². The fraction of sp³-hybridized carbons (Fsp3) is 0.269. The maximum absolute atomic E-state index is 13.5. The number of carbonyl (C=O) groups excluding carboxylic acids is 1. The van der Waals surface area contributed by atoms with Crippen molar-refractivity contribution in [3.8, 4) is 0 Å². The number of ether oxygens (including phenoxy) is 1. The van der Waals surface area contributed by atoms with Crippen molar-refractivity contribution in [1.82, 2.24) is 4.57 Å². The van der Waals surface area contributed by atoms with Crippen LogP contribution in [0.5, 0.6) is 0 Å². The Morgan fingerprint density at radius 1 is 1.16 bits per heavy atom. The van der Waals surface area contributed by atoms with E-state index in [1.165, 1.54) is 16.9 Å². The maximum atomic E-state index is 13.5. The Labute approximate surface area is 191 Å². The average Bonchev–Trinajstić information content (AvgIpc) is 3.08. The molecular weight excluding hydrogens is 420 g/mol. The summed E-state index contributed by atoms with van der Waals surface area (Å²) in [6.07, 6.45) is 1.87. The molecule has 0 saturated heterocycles. The summed E-state index contributed by atoms with van der Waals surface area (Å²) in [5, 5.41) is 0. The maximum Gasteiger partial charge on any atom is 0.338 e. The highest BCUT2D eigenvalue weighted by molar-refractivity contribution is 7.07. The van der Waals surface area contributed by atoms with E-state index >= 15 is 0 Å². The van der Waals surface area contributed by atoms with Gasteiger partial charge in [-0.15, -0.1) is 0 Å². The number of aromatic nitrogens is 1. The zero-order valence-corrected chi connectivity index (χ0v) is 19.5. The minimum Gasteiger partial charge on any atom is -0.463 e. The molecule has 0 amide bonds. The molecule has 6 heteroatoms. The van der Waals surface area contributed by atoms with E-state index in [0.29, 0.717) is 26.5 Å². The van der Waals surface area contributed by atoms with Gasteiger partial charge in [0.1, 0.15) is 0 Å². The Hall–Kier alpha value is -3.25. The quantitative estimate of drug-likeness (QED) is 0.558. The van der Waals surface area contributed by atoms with E-state index in [0.717, 1.165) is 11.1 Å². The smallest absolute Gasteiger partial charge is 0.338 e. The average molecular weight is 447 g/mol. The highest BCUT2D eigenvalue weighted by Crippen LogP contribution is 2.31. The molecule has 1 aliphatic heterocycles. The normalized spacial score (nSPS) is 16.2. The van der Waals surface area contributed by atoms with Crippen molar-refractivity contribution in [2.24, 2.45) is 4.99 Å². The number of fused-ring (bicyclic) bond motifs is 1. The summed E-state index contributed by atoms with van der Waals surface area (Å²) >= 11 is 1.34. The van der Waals surface area contributed by atoms with Crippen LogP contribution in [0.15, 0.2) is 75.7 Å². The number of hydrogen-bond donors (Lipinski definition) is 0. The minimum absolute atomic E-state index is 0.162. The fourth-order valence-electron chi connectivity index (χ4n) is 3.87. The third-order valence-electron chi connectivity index (χ3n) is 5.53. The van der Waals surface area contributed by atoms with Crippen LogP contribution in [-0.4, -0.2) is 17.1 Å². The number of allylic oxidation sites excluding steroid dienone is 1. The van der Waals surface area contributed by atoms with Crippen LogP contribution >= 0.6 is 11.3 Å². The molecule has 1 aromatic heterocycles. The molecule has 4 rings (SSSR count). The summed E-state index contributed by atoms with van der Waals surface area (Å²) in [5.41, 5.74) is 3.82. The molecule has 0 fully saturated rings. The highest BCUT2D eigenvalue weighted by Gasteiger charge is 2.33. The molecule has 164 valence electrons. The van der Waals surface area contributed by atoms with E-state index < -0.39 is 12.0 Å². The second-order valence-electron chi connectivity index (χ2n) is 8.03. The molecule has 5 nitrogen and oxygen atoms in total. The van der Waals surface area contributed by atoms with Gasteiger partial charge in [0.05, 0.1) is 28.5 Å². The third kappa shape index (κ3) is 4.10. The van der Waals surface area contributed by atoms with Crippen LogP contribution in [0.4, 0.5) is 0 Å². The lowest BCUT2D eigenvalue weighted by Crippen LogP contribution is -2.39. The number of nitrogens with zero attached hydrogens (tertiary/aromatic N) is 2. The number of benzene rings is 2. The molecule has 2 aromatic carbocycles. The standard InChI is InChI=1S/C26H26N2O3S/c1-5-31-25(30)22-17(4)27-26-28(23(22)20-13-11-19(12-14-20)16(2)3)24(29)21(32-26)15-18-9-7-6-8-10-18/h6-16,23H,5H2,1-4H3/b21-15-/t23-/m1/s1. The number of esters is 1. The molecule has 0 radical (unpaired) electrons. The summed E-state index contributed by atoms with van der Waals surface area (Å²) < 4.78 is 7.55. The van der Waals surface area contributed by atoms with Crippen LogP contribution in [-0.2, 0) is 9.53 Å². The molecule has 3 aromatic rings. The van der Waals surface area contributed by atoms with E-state index in [4.69, 9.17) is 4.74 Å². The van der Waals surface area contributed by atoms with Gasteiger partial charge < -0.3 is 4.74 Å². The molecule has 0 N–H and O–H groups in total. The number of carbonyl (C=O) groups is 1. The Bertz CT molecular complexity index is 1350. The zero-order chi connectivity index (χ0) is 22.8.